The molecule has 0 aliphatic heterocycles. The van der Waals surface area contributed by atoms with Crippen LogP contribution in [0.3, 0.4) is 0 Å². The molecular weight excluding hydrogens is 661 g/mol. The smallest absolute Gasteiger partial charge is 0.198 e. The van der Waals surface area contributed by atoms with E-state index in [4.69, 9.17) is 0 Å². The minimum Gasteiger partial charge on any atom is -0.507 e. The van der Waals surface area contributed by atoms with Gasteiger partial charge >= 0.3 is 0 Å². The van der Waals surface area contributed by atoms with Crippen LogP contribution in [0.5, 0.6) is 5.75 Å². The van der Waals surface area contributed by atoms with Crippen molar-refractivity contribution in [1.29, 1.82) is 0 Å². The number of hydrogen-bond donors (Lipinski definition) is 4. The number of aromatic hydroxyl groups is 1. The monoisotopic (exact) mass is 718 g/mol. The summed E-state index contributed by atoms with van der Waals surface area (Å²) in [6, 6.07) is 16.1. The van der Waals surface area contributed by atoms with Crippen LogP contribution in [0.1, 0.15) is 184 Å². The lowest BCUT2D eigenvalue weighted by Gasteiger charge is -2.32. The lowest BCUT2D eigenvalue weighted by Crippen LogP contribution is -2.27. The Morgan fingerprint density at radius 1 is 0.538 bits per heavy atom. The number of carbonyl (C=O) groups is 2. The summed E-state index contributed by atoms with van der Waals surface area (Å²) in [6.45, 7) is 22.0. The molecule has 1 aliphatic rings. The van der Waals surface area contributed by atoms with E-state index < -0.39 is 0 Å². The SMILES string of the molecule is CCCCc1c(Nc2c(C(C)C)cccc2C(C)C)c(Nc2c(C(C)C)cccc2C(C)C)c(CCCC)c2c1C(=O)c1c(O)ccc(S)c1C2=O. The van der Waals surface area contributed by atoms with Gasteiger partial charge in [0.15, 0.2) is 11.6 Å². The molecule has 5 nitrogen and oxygen atoms in total. The van der Waals surface area contributed by atoms with Gasteiger partial charge in [0.25, 0.3) is 0 Å². The summed E-state index contributed by atoms with van der Waals surface area (Å²) in [5, 5.41) is 19.2. The first-order valence-electron chi connectivity index (χ1n) is 19.4. The lowest BCUT2D eigenvalue weighted by molar-refractivity contribution is 0.0973. The van der Waals surface area contributed by atoms with Crippen molar-refractivity contribution in [3.63, 3.8) is 0 Å². The number of phenols is 1. The van der Waals surface area contributed by atoms with Crippen LogP contribution >= 0.6 is 12.6 Å². The summed E-state index contributed by atoms with van der Waals surface area (Å²) in [4.78, 5) is 30.3. The van der Waals surface area contributed by atoms with Crippen molar-refractivity contribution in [1.82, 2.24) is 0 Å². The molecule has 0 amide bonds. The molecule has 0 saturated carbocycles. The van der Waals surface area contributed by atoms with Crippen molar-refractivity contribution in [2.24, 2.45) is 0 Å². The van der Waals surface area contributed by atoms with Gasteiger partial charge in [-0.3, -0.25) is 9.59 Å². The number of rotatable bonds is 14. The minimum absolute atomic E-state index is 0.0496. The first kappa shape index (κ1) is 39.2. The number of para-hydroxylation sites is 2. The van der Waals surface area contributed by atoms with Gasteiger partial charge in [0.05, 0.1) is 22.5 Å². The van der Waals surface area contributed by atoms with Crippen LogP contribution in [0, 0.1) is 0 Å². The molecule has 52 heavy (non-hydrogen) atoms. The van der Waals surface area contributed by atoms with Gasteiger partial charge < -0.3 is 15.7 Å². The minimum atomic E-state index is -0.317. The Bertz CT molecular complexity index is 1790. The fraction of sp³-hybridized carbons (Fsp3) is 0.435. The van der Waals surface area contributed by atoms with E-state index in [0.717, 1.165) is 59.6 Å². The van der Waals surface area contributed by atoms with Crippen molar-refractivity contribution in [2.75, 3.05) is 10.6 Å². The predicted octanol–water partition coefficient (Wildman–Crippen LogP) is 13.1. The zero-order valence-corrected chi connectivity index (χ0v) is 33.8. The second-order valence-electron chi connectivity index (χ2n) is 15.7. The molecule has 4 aromatic rings. The van der Waals surface area contributed by atoms with Gasteiger partial charge in [-0.2, -0.15) is 0 Å². The van der Waals surface area contributed by atoms with Crippen molar-refractivity contribution >= 4 is 46.9 Å². The highest BCUT2D eigenvalue weighted by Gasteiger charge is 2.40. The molecule has 0 spiro atoms. The molecule has 0 atom stereocenters. The summed E-state index contributed by atoms with van der Waals surface area (Å²) in [7, 11) is 0. The van der Waals surface area contributed by atoms with Gasteiger partial charge in [-0.25, -0.2) is 0 Å². The van der Waals surface area contributed by atoms with E-state index in [1.807, 2.05) is 0 Å². The normalized spacial score (nSPS) is 12.7. The second kappa shape index (κ2) is 16.3. The summed E-state index contributed by atoms with van der Waals surface area (Å²) < 4.78 is 0. The standard InChI is InChI=1S/C46H58N2O3S/c1-11-13-17-33-37-38(46(51)40-36(52)24-23-35(49)39(40)45(37)50)34(18-14-12-2)44(48-42-31(27(7)8)21-16-22-32(42)28(9)10)43(33)47-41-29(25(3)4)19-15-20-30(41)26(5)6/h15-16,19-28,47-49,52H,11-14,17-18H2,1-10H3. The maximum Gasteiger partial charge on any atom is 0.198 e. The van der Waals surface area contributed by atoms with Gasteiger partial charge in [0.2, 0.25) is 0 Å². The molecule has 0 radical (unpaired) electrons. The van der Waals surface area contributed by atoms with Gasteiger partial charge in [0.1, 0.15) is 5.75 Å². The number of benzene rings is 4. The molecular formula is C46H58N2O3S. The molecule has 3 N–H and O–H groups in total. The third-order valence-corrected chi connectivity index (χ3v) is 11.0. The van der Waals surface area contributed by atoms with E-state index >= 15 is 0 Å². The van der Waals surface area contributed by atoms with Crippen LogP contribution in [0.4, 0.5) is 22.7 Å². The average Bonchev–Trinajstić information content (AvgIpc) is 3.10. The third-order valence-electron chi connectivity index (χ3n) is 10.6. The van der Waals surface area contributed by atoms with Crippen LogP contribution < -0.4 is 10.6 Å². The highest BCUT2D eigenvalue weighted by Crippen LogP contribution is 2.49. The largest absolute Gasteiger partial charge is 0.507 e. The lowest BCUT2D eigenvalue weighted by atomic mass is 9.76. The van der Waals surface area contributed by atoms with E-state index in [-0.39, 0.29) is 52.1 Å². The Hall–Kier alpha value is -4.03. The Labute approximate surface area is 317 Å². The summed E-state index contributed by atoms with van der Waals surface area (Å²) in [5.41, 5.74) is 11.3. The molecule has 1 aliphatic carbocycles. The number of anilines is 4. The van der Waals surface area contributed by atoms with E-state index in [1.165, 1.54) is 28.3 Å². The zero-order valence-electron chi connectivity index (χ0n) is 32.9. The topological polar surface area (TPSA) is 78.4 Å². The van der Waals surface area contributed by atoms with Crippen LogP contribution in [0.15, 0.2) is 53.4 Å². The van der Waals surface area contributed by atoms with Crippen molar-refractivity contribution in [3.8, 4) is 5.75 Å². The van der Waals surface area contributed by atoms with Crippen LogP contribution in [-0.4, -0.2) is 16.7 Å². The number of nitrogens with one attached hydrogen (secondary N) is 2. The molecule has 0 saturated heterocycles. The van der Waals surface area contributed by atoms with E-state index in [1.54, 1.807) is 6.07 Å². The fourth-order valence-corrected chi connectivity index (χ4v) is 8.06. The number of thiol groups is 1. The average molecular weight is 719 g/mol. The Morgan fingerprint density at radius 2 is 0.904 bits per heavy atom. The Kier molecular flexibility index (Phi) is 12.3. The molecule has 0 aromatic heterocycles. The van der Waals surface area contributed by atoms with E-state index in [0.29, 0.717) is 28.9 Å². The zero-order chi connectivity index (χ0) is 38.0. The number of carbonyl (C=O) groups excluding carboxylic acids is 2. The molecule has 0 unspecified atom stereocenters. The highest BCUT2D eigenvalue weighted by molar-refractivity contribution is 7.80. The van der Waals surface area contributed by atoms with Crippen molar-refractivity contribution in [3.05, 3.63) is 104 Å². The van der Waals surface area contributed by atoms with Gasteiger partial charge in [-0.05, 0) is 94.9 Å². The summed E-state index contributed by atoms with van der Waals surface area (Å²) >= 11 is 4.67. The molecule has 0 heterocycles. The van der Waals surface area contributed by atoms with Gasteiger partial charge in [-0.15, -0.1) is 12.6 Å². The maximum atomic E-state index is 15.0. The number of ketones is 2. The predicted molar refractivity (Wildman–Crippen MR) is 222 cm³/mol. The van der Waals surface area contributed by atoms with Crippen LogP contribution in [0.2, 0.25) is 0 Å². The first-order valence-corrected chi connectivity index (χ1v) is 19.8. The van der Waals surface area contributed by atoms with Crippen molar-refractivity contribution in [2.45, 2.75) is 136 Å². The molecule has 6 heteroatoms. The van der Waals surface area contributed by atoms with Crippen LogP contribution in [-0.2, 0) is 12.8 Å². The maximum absolute atomic E-state index is 15.0. The molecule has 4 aromatic carbocycles. The third kappa shape index (κ3) is 7.28. The molecule has 0 bridgehead atoms. The highest BCUT2D eigenvalue weighted by atomic mass is 32.1. The van der Waals surface area contributed by atoms with Crippen LogP contribution in [0.25, 0.3) is 0 Å². The quantitative estimate of drug-likeness (QED) is 0.0860. The number of unbranched alkanes of at least 4 members (excludes halogenated alkanes) is 2. The number of fused-ring (bicyclic) bond motifs is 2. The molecule has 5 rings (SSSR count). The van der Waals surface area contributed by atoms with Gasteiger partial charge in [-0.1, -0.05) is 118 Å². The van der Waals surface area contributed by atoms with Crippen molar-refractivity contribution < 1.29 is 14.7 Å². The first-order chi connectivity index (χ1) is 24.7. The van der Waals surface area contributed by atoms with E-state index in [2.05, 4.69) is 129 Å². The number of hydrogen-bond acceptors (Lipinski definition) is 6. The molecule has 276 valence electrons. The van der Waals surface area contributed by atoms with E-state index in [9.17, 15) is 14.7 Å². The Morgan fingerprint density at radius 3 is 1.25 bits per heavy atom. The molecule has 0 fully saturated rings. The number of phenolic OH excluding ortho intramolecular Hbond substituents is 1. The van der Waals surface area contributed by atoms with Gasteiger partial charge in [0, 0.05) is 27.4 Å². The fourth-order valence-electron chi connectivity index (χ4n) is 7.77. The summed E-state index contributed by atoms with van der Waals surface area (Å²) in [6.07, 6.45) is 4.67. The second-order valence-corrected chi connectivity index (χ2v) is 16.1. The summed E-state index contributed by atoms with van der Waals surface area (Å²) in [5.74, 6) is 0.206. The Balaban J connectivity index is 2.01.